The average molecular weight is 443 g/mol. The highest BCUT2D eigenvalue weighted by molar-refractivity contribution is 14.0. The van der Waals surface area contributed by atoms with Gasteiger partial charge in [-0.05, 0) is 25.3 Å². The number of rotatable bonds is 7. The lowest BCUT2D eigenvalue weighted by Gasteiger charge is -2.22. The van der Waals surface area contributed by atoms with E-state index in [1.165, 1.54) is 0 Å². The Bertz CT molecular complexity index is 450. The lowest BCUT2D eigenvalue weighted by molar-refractivity contribution is -0.135. The Labute approximate surface area is 153 Å². The molecule has 1 rings (SSSR count). The van der Waals surface area contributed by atoms with Crippen LogP contribution in [0.1, 0.15) is 31.7 Å². The Morgan fingerprint density at radius 2 is 1.83 bits per heavy atom. The quantitative estimate of drug-likeness (QED) is 0.292. The van der Waals surface area contributed by atoms with E-state index in [2.05, 4.69) is 10.3 Å². The highest BCUT2D eigenvalue weighted by Crippen LogP contribution is 2.22. The van der Waals surface area contributed by atoms with Crippen LogP contribution in [0.2, 0.25) is 0 Å². The van der Waals surface area contributed by atoms with Crippen molar-refractivity contribution in [1.29, 1.82) is 0 Å². The first-order chi connectivity index (χ1) is 10.4. The van der Waals surface area contributed by atoms with Gasteiger partial charge in [-0.2, -0.15) is 13.2 Å². The van der Waals surface area contributed by atoms with Crippen LogP contribution in [-0.2, 0) is 6.54 Å². The standard InChI is InChI=1S/C16H24F3N3.HI/c1-3-20-15(21-12-8-7-11-16(17,18)19)22(2)13-14-9-5-4-6-10-14;/h4-6,9-10H,3,7-8,11-13H2,1-2H3,(H,20,21);1H. The number of guanidine groups is 1. The predicted octanol–water partition coefficient (Wildman–Crippen LogP) is 4.43. The number of unbranched alkanes of at least 4 members (excludes halogenated alkanes) is 1. The van der Waals surface area contributed by atoms with Gasteiger partial charge in [0.1, 0.15) is 0 Å². The molecule has 0 heterocycles. The SMILES string of the molecule is CCNC(=NCCCCC(F)(F)F)N(C)Cc1ccccc1.I. The van der Waals surface area contributed by atoms with Gasteiger partial charge in [0, 0.05) is 33.1 Å². The normalized spacial score (nSPS) is 11.8. The number of nitrogens with one attached hydrogen (secondary N) is 1. The predicted molar refractivity (Wildman–Crippen MR) is 99.2 cm³/mol. The van der Waals surface area contributed by atoms with Gasteiger partial charge in [0.05, 0.1) is 0 Å². The van der Waals surface area contributed by atoms with Crippen LogP contribution in [0.3, 0.4) is 0 Å². The number of nitrogens with zero attached hydrogens (tertiary/aromatic N) is 2. The first kappa shape index (κ1) is 22.0. The maximum absolute atomic E-state index is 12.1. The van der Waals surface area contributed by atoms with E-state index in [1.54, 1.807) is 0 Å². The fourth-order valence-electron chi connectivity index (χ4n) is 2.02. The molecule has 0 aliphatic rings. The third kappa shape index (κ3) is 10.4. The van der Waals surface area contributed by atoms with Gasteiger partial charge in [0.2, 0.25) is 0 Å². The van der Waals surface area contributed by atoms with E-state index in [-0.39, 0.29) is 30.4 Å². The first-order valence-corrected chi connectivity index (χ1v) is 7.52. The Kier molecular flexibility index (Phi) is 11.0. The average Bonchev–Trinajstić information content (AvgIpc) is 2.45. The number of aliphatic imine (C=N–C) groups is 1. The van der Waals surface area contributed by atoms with Gasteiger partial charge in [-0.1, -0.05) is 30.3 Å². The lowest BCUT2D eigenvalue weighted by Crippen LogP contribution is -2.38. The van der Waals surface area contributed by atoms with E-state index < -0.39 is 12.6 Å². The Morgan fingerprint density at radius 1 is 1.17 bits per heavy atom. The molecule has 0 bridgehead atoms. The van der Waals surface area contributed by atoms with Crippen LogP contribution in [0, 0.1) is 0 Å². The van der Waals surface area contributed by atoms with Crippen LogP contribution in [0.4, 0.5) is 13.2 Å². The molecule has 23 heavy (non-hydrogen) atoms. The minimum absolute atomic E-state index is 0. The monoisotopic (exact) mass is 443 g/mol. The Morgan fingerprint density at radius 3 is 2.39 bits per heavy atom. The zero-order valence-electron chi connectivity index (χ0n) is 13.6. The molecule has 132 valence electrons. The maximum atomic E-state index is 12.1. The van der Waals surface area contributed by atoms with Gasteiger partial charge in [0.15, 0.2) is 5.96 Å². The summed E-state index contributed by atoms with van der Waals surface area (Å²) in [6, 6.07) is 9.98. The second kappa shape index (κ2) is 11.5. The molecule has 0 atom stereocenters. The molecule has 0 radical (unpaired) electrons. The van der Waals surface area contributed by atoms with Gasteiger partial charge < -0.3 is 10.2 Å². The Hall–Kier alpha value is -0.990. The molecule has 0 aromatic heterocycles. The Balaban J connectivity index is 0.00000484. The van der Waals surface area contributed by atoms with Crippen LogP contribution in [0.15, 0.2) is 35.3 Å². The van der Waals surface area contributed by atoms with E-state index >= 15 is 0 Å². The number of hydrogen-bond donors (Lipinski definition) is 1. The molecule has 7 heteroatoms. The molecule has 0 fully saturated rings. The number of hydrogen-bond acceptors (Lipinski definition) is 1. The molecule has 0 amide bonds. The van der Waals surface area contributed by atoms with Crippen molar-refractivity contribution < 1.29 is 13.2 Å². The molecule has 0 spiro atoms. The fraction of sp³-hybridized carbons (Fsp3) is 0.562. The van der Waals surface area contributed by atoms with E-state index in [0.717, 1.165) is 18.1 Å². The van der Waals surface area contributed by atoms with Gasteiger partial charge in [-0.25, -0.2) is 0 Å². The highest BCUT2D eigenvalue weighted by atomic mass is 127. The van der Waals surface area contributed by atoms with E-state index in [4.69, 9.17) is 0 Å². The molecular formula is C16H25F3IN3. The largest absolute Gasteiger partial charge is 0.389 e. The van der Waals surface area contributed by atoms with Gasteiger partial charge >= 0.3 is 6.18 Å². The topological polar surface area (TPSA) is 27.6 Å². The summed E-state index contributed by atoms with van der Waals surface area (Å²) in [7, 11) is 1.92. The first-order valence-electron chi connectivity index (χ1n) is 7.52. The summed E-state index contributed by atoms with van der Waals surface area (Å²) in [4.78, 5) is 6.37. The van der Waals surface area contributed by atoms with Crippen molar-refractivity contribution in [3.05, 3.63) is 35.9 Å². The summed E-state index contributed by atoms with van der Waals surface area (Å²) in [6.45, 7) is 3.79. The second-order valence-electron chi connectivity index (χ2n) is 5.15. The molecule has 0 aliphatic carbocycles. The van der Waals surface area contributed by atoms with Gasteiger partial charge in [-0.15, -0.1) is 24.0 Å². The smallest absolute Gasteiger partial charge is 0.357 e. The van der Waals surface area contributed by atoms with Crippen molar-refractivity contribution >= 4 is 29.9 Å². The highest BCUT2D eigenvalue weighted by Gasteiger charge is 2.25. The van der Waals surface area contributed by atoms with Crippen molar-refractivity contribution in [3.8, 4) is 0 Å². The second-order valence-corrected chi connectivity index (χ2v) is 5.15. The molecular weight excluding hydrogens is 418 g/mol. The van der Waals surface area contributed by atoms with Crippen LogP contribution in [0.5, 0.6) is 0 Å². The molecule has 0 saturated carbocycles. The zero-order valence-corrected chi connectivity index (χ0v) is 15.9. The van der Waals surface area contributed by atoms with E-state index in [0.29, 0.717) is 19.5 Å². The molecule has 0 saturated heterocycles. The summed E-state index contributed by atoms with van der Waals surface area (Å²) >= 11 is 0. The van der Waals surface area contributed by atoms with E-state index in [1.807, 2.05) is 49.2 Å². The van der Waals surface area contributed by atoms with Crippen molar-refractivity contribution in [3.63, 3.8) is 0 Å². The van der Waals surface area contributed by atoms with Crippen molar-refractivity contribution in [1.82, 2.24) is 10.2 Å². The van der Waals surface area contributed by atoms with Crippen molar-refractivity contribution in [2.24, 2.45) is 4.99 Å². The lowest BCUT2D eigenvalue weighted by atomic mass is 10.2. The summed E-state index contributed by atoms with van der Waals surface area (Å²) < 4.78 is 36.2. The van der Waals surface area contributed by atoms with Crippen LogP contribution < -0.4 is 5.32 Å². The third-order valence-electron chi connectivity index (χ3n) is 3.09. The molecule has 1 aromatic rings. The minimum atomic E-state index is -4.07. The summed E-state index contributed by atoms with van der Waals surface area (Å²) in [5, 5.41) is 3.16. The van der Waals surface area contributed by atoms with Gasteiger partial charge in [-0.3, -0.25) is 4.99 Å². The zero-order chi connectivity index (χ0) is 16.4. The molecule has 3 nitrogen and oxygen atoms in total. The summed E-state index contributed by atoms with van der Waals surface area (Å²) in [5.41, 5.74) is 1.16. The van der Waals surface area contributed by atoms with Crippen LogP contribution >= 0.6 is 24.0 Å². The fourth-order valence-corrected chi connectivity index (χ4v) is 2.02. The van der Waals surface area contributed by atoms with Crippen molar-refractivity contribution in [2.45, 2.75) is 38.9 Å². The molecule has 1 N–H and O–H groups in total. The molecule has 0 unspecified atom stereocenters. The molecule has 0 aliphatic heterocycles. The van der Waals surface area contributed by atoms with Crippen molar-refractivity contribution in [2.75, 3.05) is 20.1 Å². The van der Waals surface area contributed by atoms with Crippen LogP contribution in [0.25, 0.3) is 0 Å². The number of benzene rings is 1. The summed E-state index contributed by atoms with van der Waals surface area (Å²) in [5.74, 6) is 0.721. The number of halogens is 4. The maximum Gasteiger partial charge on any atom is 0.389 e. The van der Waals surface area contributed by atoms with Crippen LogP contribution in [-0.4, -0.2) is 37.2 Å². The number of alkyl halides is 3. The van der Waals surface area contributed by atoms with E-state index in [9.17, 15) is 13.2 Å². The minimum Gasteiger partial charge on any atom is -0.357 e. The van der Waals surface area contributed by atoms with Gasteiger partial charge in [0.25, 0.3) is 0 Å². The third-order valence-corrected chi connectivity index (χ3v) is 3.09. The summed E-state index contributed by atoms with van der Waals surface area (Å²) in [6.07, 6.45) is -4.25. The molecule has 1 aromatic carbocycles.